The second kappa shape index (κ2) is 4.47. The molecule has 0 spiro atoms. The molecule has 19 heavy (non-hydrogen) atoms. The van der Waals surface area contributed by atoms with E-state index in [1.807, 2.05) is 23.6 Å². The molecular weight excluding hydrogens is 262 g/mol. The average molecular weight is 273 g/mol. The van der Waals surface area contributed by atoms with E-state index in [2.05, 4.69) is 10.3 Å². The van der Waals surface area contributed by atoms with Crippen LogP contribution in [0.4, 0.5) is 0 Å². The molecule has 5 nitrogen and oxygen atoms in total. The maximum atomic E-state index is 12.3. The molecule has 0 saturated carbocycles. The predicted octanol–water partition coefficient (Wildman–Crippen LogP) is 2.90. The first-order chi connectivity index (χ1) is 9.16. The number of carbonyl (C=O) groups excluding carboxylic acids is 1. The molecule has 96 valence electrons. The molecule has 0 amide bonds. The van der Waals surface area contributed by atoms with Gasteiger partial charge in [-0.3, -0.25) is 4.79 Å². The second-order valence-corrected chi connectivity index (χ2v) is 5.07. The highest BCUT2D eigenvalue weighted by atomic mass is 32.1. The van der Waals surface area contributed by atoms with Gasteiger partial charge in [0.15, 0.2) is 0 Å². The lowest BCUT2D eigenvalue weighted by molar-refractivity contribution is 0.0943. The fraction of sp³-hybridized carbons (Fsp3) is 0.154. The van der Waals surface area contributed by atoms with Crippen molar-refractivity contribution in [2.24, 2.45) is 0 Å². The Hall–Kier alpha value is -2.21. The Balaban J connectivity index is 1.98. The van der Waals surface area contributed by atoms with E-state index in [9.17, 15) is 4.79 Å². The Morgan fingerprint density at radius 3 is 2.84 bits per heavy atom. The van der Waals surface area contributed by atoms with Crippen LogP contribution in [-0.4, -0.2) is 20.8 Å². The molecule has 0 aliphatic carbocycles. The second-order valence-electron chi connectivity index (χ2n) is 4.13. The summed E-state index contributed by atoms with van der Waals surface area (Å²) in [7, 11) is 0. The van der Waals surface area contributed by atoms with Crippen molar-refractivity contribution in [2.75, 3.05) is 0 Å². The van der Waals surface area contributed by atoms with E-state index in [0.29, 0.717) is 17.0 Å². The lowest BCUT2D eigenvalue weighted by Gasteiger charge is -1.98. The van der Waals surface area contributed by atoms with E-state index in [0.717, 1.165) is 10.6 Å². The normalized spacial score (nSPS) is 10.8. The van der Waals surface area contributed by atoms with Crippen molar-refractivity contribution >= 4 is 17.2 Å². The summed E-state index contributed by atoms with van der Waals surface area (Å²) in [6.07, 6.45) is 1.66. The van der Waals surface area contributed by atoms with E-state index in [1.54, 1.807) is 31.4 Å². The maximum absolute atomic E-state index is 12.3. The summed E-state index contributed by atoms with van der Waals surface area (Å²) in [4.78, 5) is 13.4. The number of thiophene rings is 1. The Labute approximate surface area is 113 Å². The predicted molar refractivity (Wildman–Crippen MR) is 71.2 cm³/mol. The minimum absolute atomic E-state index is 0.223. The van der Waals surface area contributed by atoms with Gasteiger partial charge in [0.05, 0.1) is 10.6 Å². The minimum atomic E-state index is -0.223. The van der Waals surface area contributed by atoms with Gasteiger partial charge >= 0.3 is 0 Å². The van der Waals surface area contributed by atoms with Gasteiger partial charge in [-0.05, 0) is 31.4 Å². The van der Waals surface area contributed by atoms with Gasteiger partial charge in [-0.15, -0.1) is 11.3 Å². The molecule has 3 aromatic heterocycles. The molecule has 3 heterocycles. The third-order valence-electron chi connectivity index (χ3n) is 2.82. The van der Waals surface area contributed by atoms with Gasteiger partial charge in [-0.2, -0.15) is 5.10 Å². The molecule has 0 aliphatic heterocycles. The van der Waals surface area contributed by atoms with E-state index in [1.165, 1.54) is 4.68 Å². The highest BCUT2D eigenvalue weighted by Gasteiger charge is 2.20. The molecule has 0 saturated heterocycles. The number of hydrogen-bond acceptors (Lipinski definition) is 5. The molecule has 0 unspecified atom stereocenters. The first-order valence-electron chi connectivity index (χ1n) is 5.74. The topological polar surface area (TPSA) is 60.9 Å². The van der Waals surface area contributed by atoms with Crippen molar-refractivity contribution in [3.63, 3.8) is 0 Å². The summed E-state index contributed by atoms with van der Waals surface area (Å²) in [6.45, 7) is 3.46. The van der Waals surface area contributed by atoms with Gasteiger partial charge in [0.25, 0.3) is 5.91 Å². The van der Waals surface area contributed by atoms with Crippen LogP contribution in [0.2, 0.25) is 0 Å². The van der Waals surface area contributed by atoms with Crippen LogP contribution in [0, 0.1) is 13.8 Å². The SMILES string of the molecule is Cc1noc(C)c1C(=O)n1ccc(-c2cccs2)n1. The Morgan fingerprint density at radius 1 is 1.37 bits per heavy atom. The van der Waals surface area contributed by atoms with Crippen LogP contribution in [0.5, 0.6) is 0 Å². The molecule has 0 radical (unpaired) electrons. The molecule has 0 bridgehead atoms. The van der Waals surface area contributed by atoms with Gasteiger partial charge in [0.2, 0.25) is 0 Å². The Morgan fingerprint density at radius 2 is 2.21 bits per heavy atom. The standard InChI is InChI=1S/C13H11N3O2S/c1-8-12(9(2)18-15-8)13(17)16-6-5-10(14-16)11-4-3-7-19-11/h3-7H,1-2H3. The van der Waals surface area contributed by atoms with Crippen molar-refractivity contribution in [2.45, 2.75) is 13.8 Å². The first-order valence-corrected chi connectivity index (χ1v) is 6.62. The van der Waals surface area contributed by atoms with Gasteiger partial charge in [-0.25, -0.2) is 4.68 Å². The van der Waals surface area contributed by atoms with Gasteiger partial charge < -0.3 is 4.52 Å². The van der Waals surface area contributed by atoms with Crippen LogP contribution in [0.15, 0.2) is 34.3 Å². The fourth-order valence-electron chi connectivity index (χ4n) is 1.90. The van der Waals surface area contributed by atoms with Gasteiger partial charge in [0, 0.05) is 6.20 Å². The summed E-state index contributed by atoms with van der Waals surface area (Å²) >= 11 is 1.59. The maximum Gasteiger partial charge on any atom is 0.283 e. The van der Waals surface area contributed by atoms with E-state index < -0.39 is 0 Å². The van der Waals surface area contributed by atoms with Crippen LogP contribution >= 0.6 is 11.3 Å². The lowest BCUT2D eigenvalue weighted by atomic mass is 10.2. The number of rotatable bonds is 2. The average Bonchev–Trinajstić information content (AvgIpc) is 3.09. The summed E-state index contributed by atoms with van der Waals surface area (Å²) in [5, 5.41) is 10.1. The highest BCUT2D eigenvalue weighted by Crippen LogP contribution is 2.23. The number of carbonyl (C=O) groups is 1. The lowest BCUT2D eigenvalue weighted by Crippen LogP contribution is -2.14. The Bertz CT molecular complexity index is 706. The summed E-state index contributed by atoms with van der Waals surface area (Å²) in [5.74, 6) is 0.287. The van der Waals surface area contributed by atoms with Gasteiger partial charge in [0.1, 0.15) is 17.0 Å². The van der Waals surface area contributed by atoms with Gasteiger partial charge in [-0.1, -0.05) is 11.2 Å². The zero-order valence-electron chi connectivity index (χ0n) is 10.5. The van der Waals surface area contributed by atoms with E-state index >= 15 is 0 Å². The molecule has 3 aromatic rings. The van der Waals surface area contributed by atoms with Crippen molar-refractivity contribution in [3.05, 3.63) is 46.8 Å². The third kappa shape index (κ3) is 2.00. The third-order valence-corrected chi connectivity index (χ3v) is 3.71. The van der Waals surface area contributed by atoms with E-state index in [-0.39, 0.29) is 5.91 Å². The van der Waals surface area contributed by atoms with Crippen LogP contribution < -0.4 is 0 Å². The molecule has 0 aliphatic rings. The van der Waals surface area contributed by atoms with Crippen molar-refractivity contribution in [1.29, 1.82) is 0 Å². The molecule has 0 fully saturated rings. The first kappa shape index (κ1) is 11.9. The van der Waals surface area contributed by atoms with Crippen LogP contribution in [0.3, 0.4) is 0 Å². The van der Waals surface area contributed by atoms with Crippen molar-refractivity contribution in [1.82, 2.24) is 14.9 Å². The number of aryl methyl sites for hydroxylation is 2. The van der Waals surface area contributed by atoms with Crippen LogP contribution in [-0.2, 0) is 0 Å². The highest BCUT2D eigenvalue weighted by molar-refractivity contribution is 7.13. The molecule has 0 N–H and O–H groups in total. The van der Waals surface area contributed by atoms with Crippen LogP contribution in [0.25, 0.3) is 10.6 Å². The zero-order chi connectivity index (χ0) is 13.4. The van der Waals surface area contributed by atoms with Crippen LogP contribution in [0.1, 0.15) is 21.8 Å². The smallest absolute Gasteiger partial charge is 0.283 e. The van der Waals surface area contributed by atoms with E-state index in [4.69, 9.17) is 4.52 Å². The van der Waals surface area contributed by atoms with Crippen molar-refractivity contribution < 1.29 is 9.32 Å². The quantitative estimate of drug-likeness (QED) is 0.720. The minimum Gasteiger partial charge on any atom is -0.361 e. The summed E-state index contributed by atoms with van der Waals surface area (Å²) in [5.41, 5.74) is 1.84. The summed E-state index contributed by atoms with van der Waals surface area (Å²) in [6, 6.07) is 5.74. The molecule has 6 heteroatoms. The van der Waals surface area contributed by atoms with Crippen molar-refractivity contribution in [3.8, 4) is 10.6 Å². The largest absolute Gasteiger partial charge is 0.361 e. The zero-order valence-corrected chi connectivity index (χ0v) is 11.3. The molecule has 0 aromatic carbocycles. The molecular formula is C13H11N3O2S. The monoisotopic (exact) mass is 273 g/mol. The Kier molecular flexibility index (Phi) is 2.79. The summed E-state index contributed by atoms with van der Waals surface area (Å²) < 4.78 is 6.33. The molecule has 0 atom stereocenters. The fourth-order valence-corrected chi connectivity index (χ4v) is 2.59. The number of nitrogens with zero attached hydrogens (tertiary/aromatic N) is 3. The number of aromatic nitrogens is 3. The molecule has 3 rings (SSSR count). The number of hydrogen-bond donors (Lipinski definition) is 0.